The largest absolute Gasteiger partial charge is 0.353 e. The minimum atomic E-state index is -0.443. The number of nitrogens with one attached hydrogen (secondary N) is 2. The number of hydrogen-bond donors (Lipinski definition) is 2. The Morgan fingerprint density at radius 1 is 1.00 bits per heavy atom. The van der Waals surface area contributed by atoms with Crippen LogP contribution in [-0.4, -0.2) is 52.0 Å². The summed E-state index contributed by atoms with van der Waals surface area (Å²) in [5, 5.41) is 14.5. The highest BCUT2D eigenvalue weighted by Gasteiger charge is 2.30. The molecule has 1 aliphatic heterocycles. The number of amides is 3. The Morgan fingerprint density at radius 3 is 2.44 bits per heavy atom. The van der Waals surface area contributed by atoms with E-state index in [0.717, 1.165) is 24.2 Å². The molecule has 1 saturated heterocycles. The summed E-state index contributed by atoms with van der Waals surface area (Å²) >= 11 is 6.89. The number of nitrogens with zero attached hydrogens (tertiary/aromatic N) is 3. The number of halogens is 1. The van der Waals surface area contributed by atoms with Crippen LogP contribution in [0.2, 0.25) is 5.02 Å². The molecule has 170 valence electrons. The lowest BCUT2D eigenvalue weighted by atomic mass is 9.92. The molecule has 8 nitrogen and oxygen atoms in total. The van der Waals surface area contributed by atoms with Gasteiger partial charge >= 0.3 is 0 Å². The highest BCUT2D eigenvalue weighted by molar-refractivity contribution is 7.15. The summed E-state index contributed by atoms with van der Waals surface area (Å²) in [7, 11) is 0. The van der Waals surface area contributed by atoms with Crippen LogP contribution in [-0.2, 0) is 4.79 Å². The van der Waals surface area contributed by atoms with Crippen molar-refractivity contribution in [2.45, 2.75) is 51.0 Å². The third-order valence-electron chi connectivity index (χ3n) is 5.99. The van der Waals surface area contributed by atoms with Crippen molar-refractivity contribution in [3.05, 3.63) is 39.3 Å². The number of carbonyl (C=O) groups excluding carboxylic acids is 3. The third kappa shape index (κ3) is 5.63. The van der Waals surface area contributed by atoms with Crippen LogP contribution in [0.3, 0.4) is 0 Å². The maximum absolute atomic E-state index is 12.8. The molecule has 32 heavy (non-hydrogen) atoms. The first-order valence-electron chi connectivity index (χ1n) is 11.0. The Kier molecular flexibility index (Phi) is 7.36. The van der Waals surface area contributed by atoms with Crippen molar-refractivity contribution in [2.75, 3.05) is 18.4 Å². The lowest BCUT2D eigenvalue weighted by Crippen LogP contribution is -2.45. The minimum Gasteiger partial charge on any atom is -0.353 e. The quantitative estimate of drug-likeness (QED) is 0.685. The molecule has 2 fully saturated rings. The summed E-state index contributed by atoms with van der Waals surface area (Å²) in [6, 6.07) is 7.08. The van der Waals surface area contributed by atoms with Gasteiger partial charge in [-0.2, -0.15) is 0 Å². The molecule has 10 heteroatoms. The molecule has 0 radical (unpaired) electrons. The zero-order valence-electron chi connectivity index (χ0n) is 17.7. The smallest absolute Gasteiger partial charge is 0.286 e. The molecule has 4 rings (SSSR count). The average molecular weight is 476 g/mol. The first-order valence-corrected chi connectivity index (χ1v) is 12.2. The van der Waals surface area contributed by atoms with Gasteiger partial charge in [-0.3, -0.25) is 14.4 Å². The van der Waals surface area contributed by atoms with E-state index in [1.165, 1.54) is 19.3 Å². The fraction of sp³-hybridized carbons (Fsp3) is 0.500. The van der Waals surface area contributed by atoms with Gasteiger partial charge in [0.2, 0.25) is 15.9 Å². The average Bonchev–Trinajstić information content (AvgIpc) is 3.30. The van der Waals surface area contributed by atoms with Crippen molar-refractivity contribution in [2.24, 2.45) is 5.92 Å². The predicted octanol–water partition coefficient (Wildman–Crippen LogP) is 3.74. The molecule has 0 bridgehead atoms. The van der Waals surface area contributed by atoms with Crippen molar-refractivity contribution in [3.63, 3.8) is 0 Å². The third-order valence-corrected chi connectivity index (χ3v) is 7.13. The van der Waals surface area contributed by atoms with Gasteiger partial charge in [-0.1, -0.05) is 48.3 Å². The SMILES string of the molecule is O=C(Nc1cccc(Cl)c1)c1nnc(C(=O)N2CCC(C(=O)NC3CCCCC3)CC2)s1. The Hall–Kier alpha value is -2.52. The molecule has 1 aliphatic carbocycles. The fourth-order valence-corrected chi connectivity index (χ4v) is 5.10. The van der Waals surface area contributed by atoms with Crippen LogP contribution in [0.5, 0.6) is 0 Å². The van der Waals surface area contributed by atoms with Gasteiger partial charge in [0.15, 0.2) is 0 Å². The number of likely N-dealkylation sites (tertiary alicyclic amines) is 1. The van der Waals surface area contributed by atoms with Crippen LogP contribution in [0.4, 0.5) is 5.69 Å². The Balaban J connectivity index is 1.28. The Bertz CT molecular complexity index is 983. The second kappa shape index (κ2) is 10.4. The monoisotopic (exact) mass is 475 g/mol. The summed E-state index contributed by atoms with van der Waals surface area (Å²) in [4.78, 5) is 39.5. The number of aromatic nitrogens is 2. The van der Waals surface area contributed by atoms with Gasteiger partial charge in [-0.25, -0.2) is 0 Å². The normalized spacial score (nSPS) is 17.7. The van der Waals surface area contributed by atoms with Gasteiger partial charge in [-0.05, 0) is 43.9 Å². The molecule has 1 aromatic carbocycles. The molecular weight excluding hydrogens is 450 g/mol. The molecule has 3 amide bonds. The van der Waals surface area contributed by atoms with Gasteiger partial charge in [-0.15, -0.1) is 10.2 Å². The summed E-state index contributed by atoms with van der Waals surface area (Å²) in [6.07, 6.45) is 7.00. The molecule has 0 spiro atoms. The van der Waals surface area contributed by atoms with E-state index in [1.807, 2.05) is 0 Å². The zero-order chi connectivity index (χ0) is 22.5. The van der Waals surface area contributed by atoms with Gasteiger partial charge in [0.25, 0.3) is 11.8 Å². The number of hydrogen-bond acceptors (Lipinski definition) is 6. The molecule has 2 aromatic rings. The van der Waals surface area contributed by atoms with Crippen molar-refractivity contribution in [3.8, 4) is 0 Å². The van der Waals surface area contributed by atoms with Gasteiger partial charge in [0, 0.05) is 35.8 Å². The number of rotatable bonds is 5. The number of piperidine rings is 1. The van der Waals surface area contributed by atoms with Crippen LogP contribution in [0.1, 0.15) is 64.6 Å². The number of anilines is 1. The van der Waals surface area contributed by atoms with E-state index < -0.39 is 5.91 Å². The van der Waals surface area contributed by atoms with E-state index >= 15 is 0 Å². The van der Waals surface area contributed by atoms with Crippen molar-refractivity contribution in [1.82, 2.24) is 20.4 Å². The Labute approximate surface area is 195 Å². The van der Waals surface area contributed by atoms with E-state index in [-0.39, 0.29) is 27.7 Å². The van der Waals surface area contributed by atoms with E-state index in [1.54, 1.807) is 29.2 Å². The lowest BCUT2D eigenvalue weighted by Gasteiger charge is -2.32. The summed E-state index contributed by atoms with van der Waals surface area (Å²) in [6.45, 7) is 0.983. The number of benzene rings is 1. The molecule has 2 aliphatic rings. The van der Waals surface area contributed by atoms with E-state index in [0.29, 0.717) is 42.7 Å². The van der Waals surface area contributed by atoms with E-state index in [4.69, 9.17) is 11.6 Å². The Morgan fingerprint density at radius 2 is 1.72 bits per heavy atom. The zero-order valence-corrected chi connectivity index (χ0v) is 19.3. The molecule has 0 unspecified atom stereocenters. The van der Waals surface area contributed by atoms with Crippen LogP contribution < -0.4 is 10.6 Å². The summed E-state index contributed by atoms with van der Waals surface area (Å²) in [5.74, 6) is -0.647. The maximum atomic E-state index is 12.8. The highest BCUT2D eigenvalue weighted by atomic mass is 35.5. The lowest BCUT2D eigenvalue weighted by molar-refractivity contribution is -0.127. The second-order valence-electron chi connectivity index (χ2n) is 8.29. The fourth-order valence-electron chi connectivity index (χ4n) is 4.20. The van der Waals surface area contributed by atoms with Crippen molar-refractivity contribution >= 4 is 46.3 Å². The second-order valence-corrected chi connectivity index (χ2v) is 9.70. The molecule has 1 aromatic heterocycles. The minimum absolute atomic E-state index is 0.0607. The molecule has 1 saturated carbocycles. The van der Waals surface area contributed by atoms with Crippen molar-refractivity contribution < 1.29 is 14.4 Å². The topological polar surface area (TPSA) is 104 Å². The summed E-state index contributed by atoms with van der Waals surface area (Å²) in [5.41, 5.74) is 0.541. The van der Waals surface area contributed by atoms with Crippen LogP contribution in [0, 0.1) is 5.92 Å². The molecule has 0 atom stereocenters. The van der Waals surface area contributed by atoms with Crippen LogP contribution >= 0.6 is 22.9 Å². The van der Waals surface area contributed by atoms with E-state index in [2.05, 4.69) is 20.8 Å². The maximum Gasteiger partial charge on any atom is 0.286 e. The molecule has 2 N–H and O–H groups in total. The molecular formula is C22H26ClN5O3S. The number of carbonyl (C=O) groups is 3. The highest BCUT2D eigenvalue weighted by Crippen LogP contribution is 2.23. The summed E-state index contributed by atoms with van der Waals surface area (Å²) < 4.78 is 0. The first-order chi connectivity index (χ1) is 15.5. The first kappa shape index (κ1) is 22.7. The van der Waals surface area contributed by atoms with Gasteiger partial charge in [0.1, 0.15) is 0 Å². The van der Waals surface area contributed by atoms with Crippen molar-refractivity contribution in [1.29, 1.82) is 0 Å². The predicted molar refractivity (Wildman–Crippen MR) is 123 cm³/mol. The molecule has 2 heterocycles. The van der Waals surface area contributed by atoms with Gasteiger partial charge < -0.3 is 15.5 Å². The standard InChI is InChI=1S/C22H26ClN5O3S/c23-15-5-4-8-17(13-15)25-19(30)20-26-27-21(32-20)22(31)28-11-9-14(10-12-28)18(29)24-16-6-2-1-3-7-16/h4-5,8,13-14,16H,1-3,6-7,9-12H2,(H,24,29)(H,25,30). The van der Waals surface area contributed by atoms with Crippen LogP contribution in [0.15, 0.2) is 24.3 Å². The van der Waals surface area contributed by atoms with Crippen LogP contribution in [0.25, 0.3) is 0 Å². The van der Waals surface area contributed by atoms with Gasteiger partial charge in [0.05, 0.1) is 0 Å². The van der Waals surface area contributed by atoms with E-state index in [9.17, 15) is 14.4 Å².